The topological polar surface area (TPSA) is 94.8 Å². The number of rotatable bonds is 1. The largest absolute Gasteiger partial charge is 0.471 e. The minimum atomic E-state index is -0.464. The summed E-state index contributed by atoms with van der Waals surface area (Å²) >= 11 is 0. The maximum absolute atomic E-state index is 13.4. The first-order valence-corrected chi connectivity index (χ1v) is 13.5. The van der Waals surface area contributed by atoms with Gasteiger partial charge in [0.05, 0.1) is 33.5 Å². The van der Waals surface area contributed by atoms with Crippen molar-refractivity contribution in [2.45, 2.75) is 50.1 Å². The van der Waals surface area contributed by atoms with Gasteiger partial charge in [0, 0.05) is 58.9 Å². The van der Waals surface area contributed by atoms with Crippen LogP contribution in [0.25, 0.3) is 21.8 Å². The molecule has 2 saturated heterocycles. The minimum Gasteiger partial charge on any atom is -0.471 e. The monoisotopic (exact) mass is 554 g/mol. The van der Waals surface area contributed by atoms with Crippen molar-refractivity contribution < 1.29 is 37.3 Å². The van der Waals surface area contributed by atoms with E-state index in [0.717, 1.165) is 58.6 Å². The van der Waals surface area contributed by atoms with E-state index in [2.05, 4.69) is 14.7 Å². The fourth-order valence-corrected chi connectivity index (χ4v) is 6.22. The van der Waals surface area contributed by atoms with E-state index in [1.807, 2.05) is 0 Å². The van der Waals surface area contributed by atoms with Crippen molar-refractivity contribution in [3.8, 4) is 0 Å². The molecule has 10 heteroatoms. The number of aromatic nitrogens is 2. The first-order chi connectivity index (χ1) is 19.4. The lowest BCUT2D eigenvalue weighted by molar-refractivity contribution is -0.164. The van der Waals surface area contributed by atoms with Gasteiger partial charge in [0.25, 0.3) is 6.47 Å². The highest BCUT2D eigenvalue weighted by molar-refractivity contribution is 5.86. The third kappa shape index (κ3) is 5.12. The quantitative estimate of drug-likeness (QED) is 0.326. The smallest absolute Gasteiger partial charge is 0.292 e. The molecule has 8 nitrogen and oxygen atoms in total. The molecule has 2 fully saturated rings. The van der Waals surface area contributed by atoms with Crippen LogP contribution in [-0.4, -0.2) is 61.6 Å². The molecule has 2 aromatic heterocycles. The Labute approximate surface area is 229 Å². The van der Waals surface area contributed by atoms with Gasteiger partial charge in [0.2, 0.25) is 0 Å². The van der Waals surface area contributed by atoms with E-state index < -0.39 is 11.6 Å². The van der Waals surface area contributed by atoms with Crippen LogP contribution in [0.15, 0.2) is 36.4 Å². The Bertz CT molecular complexity index is 1410. The van der Waals surface area contributed by atoms with Crippen molar-refractivity contribution in [3.05, 3.63) is 70.5 Å². The first-order valence-electron chi connectivity index (χ1n) is 13.5. The van der Waals surface area contributed by atoms with Gasteiger partial charge in [-0.1, -0.05) is 0 Å². The van der Waals surface area contributed by atoms with Gasteiger partial charge in [-0.3, -0.25) is 4.79 Å². The number of halogens is 2. The predicted octanol–water partition coefficient (Wildman–Crippen LogP) is 4.87. The number of aryl methyl sites for hydroxylation is 2. The highest BCUT2D eigenvalue weighted by atomic mass is 19.1. The van der Waals surface area contributed by atoms with Crippen molar-refractivity contribution >= 4 is 28.3 Å². The highest BCUT2D eigenvalue weighted by Gasteiger charge is 2.42. The van der Waals surface area contributed by atoms with Gasteiger partial charge in [-0.2, -0.15) is 0 Å². The Morgan fingerprint density at radius 1 is 0.750 bits per heavy atom. The molecule has 0 radical (unpaired) electrons. The van der Waals surface area contributed by atoms with Gasteiger partial charge < -0.3 is 33.7 Å². The second-order valence-corrected chi connectivity index (χ2v) is 10.4. The van der Waals surface area contributed by atoms with E-state index >= 15 is 0 Å². The van der Waals surface area contributed by atoms with Crippen LogP contribution in [0.3, 0.4) is 0 Å². The number of carbonyl (C=O) groups excluding carboxylic acids is 1. The molecule has 4 aromatic rings. The summed E-state index contributed by atoms with van der Waals surface area (Å²) < 4.78 is 53.6. The van der Waals surface area contributed by atoms with Gasteiger partial charge in [-0.05, 0) is 60.4 Å². The molecule has 2 aliphatic carbocycles. The molecule has 4 heterocycles. The number of nitrogens with one attached hydrogen (secondary N) is 2. The Balaban J connectivity index is 0.000000128. The van der Waals surface area contributed by atoms with Gasteiger partial charge in [-0.25, -0.2) is 8.78 Å². The van der Waals surface area contributed by atoms with Gasteiger partial charge >= 0.3 is 0 Å². The summed E-state index contributed by atoms with van der Waals surface area (Å²) in [5, 5.41) is 1.92. The molecular weight excluding hydrogens is 522 g/mol. The first kappa shape index (κ1) is 26.9. The summed E-state index contributed by atoms with van der Waals surface area (Å²) in [6.07, 6.45) is 4.96. The standard InChI is InChI=1S/2C14H14FNO2.C2H4O2/c2*15-9-1-2-12-10(7-9)11-8-14(17-5-6-18-14)4-3-13(11)16-12;1-4-2-3/h2*1-2,7,16H,3-6,8H2;2H,1H3. The lowest BCUT2D eigenvalue weighted by Crippen LogP contribution is -2.36. The van der Waals surface area contributed by atoms with Crippen LogP contribution < -0.4 is 0 Å². The average molecular weight is 555 g/mol. The third-order valence-corrected chi connectivity index (χ3v) is 8.04. The number of benzene rings is 2. The number of carbonyl (C=O) groups is 1. The van der Waals surface area contributed by atoms with E-state index in [1.165, 1.54) is 30.6 Å². The third-order valence-electron chi connectivity index (χ3n) is 8.04. The van der Waals surface area contributed by atoms with E-state index in [9.17, 15) is 8.78 Å². The number of hydrogen-bond acceptors (Lipinski definition) is 6. The molecule has 0 saturated carbocycles. The average Bonchev–Trinajstić information content (AvgIpc) is 3.76. The van der Waals surface area contributed by atoms with Gasteiger partial charge in [-0.15, -0.1) is 0 Å². The van der Waals surface area contributed by atoms with Crippen LogP contribution in [0.2, 0.25) is 0 Å². The van der Waals surface area contributed by atoms with Crippen LogP contribution >= 0.6 is 0 Å². The maximum atomic E-state index is 13.4. The summed E-state index contributed by atoms with van der Waals surface area (Å²) in [6.45, 7) is 3.01. The number of hydrogen-bond donors (Lipinski definition) is 2. The zero-order valence-electron chi connectivity index (χ0n) is 22.3. The second-order valence-electron chi connectivity index (χ2n) is 10.4. The lowest BCUT2D eigenvalue weighted by atomic mass is 9.90. The molecule has 2 N–H and O–H groups in total. The molecule has 0 atom stereocenters. The molecule has 40 heavy (non-hydrogen) atoms. The van der Waals surface area contributed by atoms with Crippen molar-refractivity contribution in [1.29, 1.82) is 0 Å². The summed E-state index contributed by atoms with van der Waals surface area (Å²) in [6, 6.07) is 9.76. The van der Waals surface area contributed by atoms with Crippen molar-refractivity contribution in [2.24, 2.45) is 0 Å². The zero-order chi connectivity index (χ0) is 27.7. The molecule has 2 aromatic carbocycles. The van der Waals surface area contributed by atoms with Crippen molar-refractivity contribution in [1.82, 2.24) is 9.97 Å². The Morgan fingerprint density at radius 3 is 1.52 bits per heavy atom. The molecule has 212 valence electrons. The molecule has 2 spiro atoms. The molecule has 0 amide bonds. The maximum Gasteiger partial charge on any atom is 0.292 e. The SMILES string of the molecule is COC=O.Fc1ccc2[nH]c3c(c2c1)CC1(CC3)OCCO1.Fc1ccc2[nH]c3c(c2c1)CC1(CC3)OCCO1. The van der Waals surface area contributed by atoms with Gasteiger partial charge in [0.15, 0.2) is 11.6 Å². The number of H-pyrrole nitrogens is 2. The van der Waals surface area contributed by atoms with E-state index in [-0.39, 0.29) is 11.6 Å². The summed E-state index contributed by atoms with van der Waals surface area (Å²) in [5.74, 6) is -1.32. The Morgan fingerprint density at radius 2 is 1.15 bits per heavy atom. The van der Waals surface area contributed by atoms with Gasteiger partial charge in [0.1, 0.15) is 11.6 Å². The fourth-order valence-electron chi connectivity index (χ4n) is 6.22. The summed E-state index contributed by atoms with van der Waals surface area (Å²) in [7, 11) is 1.31. The lowest BCUT2D eigenvalue weighted by Gasteiger charge is -2.31. The Kier molecular flexibility index (Phi) is 7.35. The Hall–Kier alpha value is -3.31. The second kappa shape index (κ2) is 10.9. The van der Waals surface area contributed by atoms with Crippen molar-refractivity contribution in [3.63, 3.8) is 0 Å². The van der Waals surface area contributed by atoms with Crippen LogP contribution in [-0.2, 0) is 54.2 Å². The zero-order valence-corrected chi connectivity index (χ0v) is 22.3. The molecule has 0 unspecified atom stereocenters. The summed E-state index contributed by atoms with van der Waals surface area (Å²) in [5.41, 5.74) is 6.68. The highest BCUT2D eigenvalue weighted by Crippen LogP contribution is 2.40. The number of ether oxygens (including phenoxy) is 5. The number of methoxy groups -OCH3 is 1. The van der Waals surface area contributed by atoms with Crippen LogP contribution in [0, 0.1) is 11.6 Å². The van der Waals surface area contributed by atoms with E-state index in [4.69, 9.17) is 23.7 Å². The molecule has 2 aliphatic heterocycles. The van der Waals surface area contributed by atoms with E-state index in [0.29, 0.717) is 45.7 Å². The van der Waals surface area contributed by atoms with Crippen LogP contribution in [0.4, 0.5) is 8.78 Å². The fraction of sp³-hybridized carbons (Fsp3) is 0.433. The number of aromatic amines is 2. The molecule has 8 rings (SSSR count). The van der Waals surface area contributed by atoms with Crippen LogP contribution in [0.1, 0.15) is 35.4 Å². The van der Waals surface area contributed by atoms with Crippen molar-refractivity contribution in [2.75, 3.05) is 33.5 Å². The number of fused-ring (bicyclic) bond motifs is 6. The minimum absolute atomic E-state index is 0.197. The molecule has 0 bridgehead atoms. The molecule has 4 aliphatic rings. The predicted molar refractivity (Wildman–Crippen MR) is 143 cm³/mol. The summed E-state index contributed by atoms with van der Waals surface area (Å²) in [4.78, 5) is 15.7. The van der Waals surface area contributed by atoms with Crippen LogP contribution in [0.5, 0.6) is 0 Å². The normalized spacial score (nSPS) is 20.0. The molecular formula is C30H32F2N2O6. The van der Waals surface area contributed by atoms with E-state index in [1.54, 1.807) is 24.3 Å².